The van der Waals surface area contributed by atoms with Crippen LogP contribution in [0, 0.1) is 6.92 Å². The molecule has 22 heavy (non-hydrogen) atoms. The van der Waals surface area contributed by atoms with Crippen LogP contribution in [-0.4, -0.2) is 49.5 Å². The lowest BCUT2D eigenvalue weighted by atomic mass is 9.92. The Morgan fingerprint density at radius 2 is 1.05 bits per heavy atom. The molecule has 0 unspecified atom stereocenters. The summed E-state index contributed by atoms with van der Waals surface area (Å²) in [6, 6.07) is 3.86. The minimum absolute atomic E-state index is 0.215. The van der Waals surface area contributed by atoms with Gasteiger partial charge < -0.3 is 30.6 Å². The minimum Gasteiger partial charge on any atom is -0.368 e. The third kappa shape index (κ3) is 6.83. The average Bonchev–Trinajstić information content (AvgIpc) is 2.42. The molecule has 1 rings (SSSR count). The van der Waals surface area contributed by atoms with Gasteiger partial charge in [0.05, 0.1) is 0 Å². The largest absolute Gasteiger partial charge is 0.368 e. The summed E-state index contributed by atoms with van der Waals surface area (Å²) in [5, 5.41) is 54.0. The van der Waals surface area contributed by atoms with Crippen molar-refractivity contribution in [3.05, 3.63) is 34.4 Å². The van der Waals surface area contributed by atoms with Crippen LogP contribution in [0.5, 0.6) is 0 Å². The van der Waals surface area contributed by atoms with Crippen LogP contribution in [0.4, 0.5) is 0 Å². The Labute approximate surface area is 130 Å². The molecule has 1 aromatic rings. The van der Waals surface area contributed by atoms with Gasteiger partial charge in [0.2, 0.25) is 0 Å². The standard InChI is InChI=1S/C16H26O6/c1-10-12(3-6-15(19)20)8-11(2-5-14(17)18)9-13(10)4-7-16(21)22/h8-9,14-22H,2-7H2,1H3. The first-order chi connectivity index (χ1) is 10.3. The average molecular weight is 314 g/mol. The van der Waals surface area contributed by atoms with Crippen LogP contribution >= 0.6 is 0 Å². The van der Waals surface area contributed by atoms with Gasteiger partial charge in [-0.2, -0.15) is 0 Å². The number of aliphatic hydroxyl groups is 6. The van der Waals surface area contributed by atoms with Crippen LogP contribution in [0.2, 0.25) is 0 Å². The first-order valence-corrected chi connectivity index (χ1v) is 7.49. The maximum absolute atomic E-state index is 9.02. The van der Waals surface area contributed by atoms with Crippen LogP contribution < -0.4 is 0 Å². The summed E-state index contributed by atoms with van der Waals surface area (Å²) in [6.07, 6.45) is -1.98. The maximum Gasteiger partial charge on any atom is 0.151 e. The normalized spacial score (nSPS) is 11.9. The molecule has 0 spiro atoms. The van der Waals surface area contributed by atoms with Crippen molar-refractivity contribution in [3.63, 3.8) is 0 Å². The van der Waals surface area contributed by atoms with Crippen LogP contribution in [0.1, 0.15) is 41.5 Å². The third-order valence-electron chi connectivity index (χ3n) is 3.72. The number of rotatable bonds is 9. The fraction of sp³-hybridized carbons (Fsp3) is 0.625. The van der Waals surface area contributed by atoms with Crippen molar-refractivity contribution in [1.82, 2.24) is 0 Å². The summed E-state index contributed by atoms with van der Waals surface area (Å²) >= 11 is 0. The highest BCUT2D eigenvalue weighted by Crippen LogP contribution is 2.22. The van der Waals surface area contributed by atoms with E-state index in [0.29, 0.717) is 19.3 Å². The van der Waals surface area contributed by atoms with Crippen LogP contribution in [0.25, 0.3) is 0 Å². The molecule has 1 aromatic carbocycles. The Balaban J connectivity index is 2.95. The summed E-state index contributed by atoms with van der Waals surface area (Å²) in [5.74, 6) is 0. The van der Waals surface area contributed by atoms with Crippen molar-refractivity contribution in [2.45, 2.75) is 64.3 Å². The van der Waals surface area contributed by atoms with Gasteiger partial charge in [-0.25, -0.2) is 0 Å². The van der Waals surface area contributed by atoms with E-state index in [1.54, 1.807) is 0 Å². The Kier molecular flexibility index (Phi) is 7.95. The molecule has 6 N–H and O–H groups in total. The fourth-order valence-corrected chi connectivity index (χ4v) is 2.44. The predicted octanol–water partition coefficient (Wildman–Crippen LogP) is -0.275. The molecule has 0 aliphatic heterocycles. The van der Waals surface area contributed by atoms with Gasteiger partial charge >= 0.3 is 0 Å². The van der Waals surface area contributed by atoms with Gasteiger partial charge in [-0.05, 0) is 48.4 Å². The second kappa shape index (κ2) is 9.19. The predicted molar refractivity (Wildman–Crippen MR) is 80.8 cm³/mol. The van der Waals surface area contributed by atoms with Crippen molar-refractivity contribution >= 4 is 0 Å². The maximum atomic E-state index is 9.02. The van der Waals surface area contributed by atoms with Crippen LogP contribution in [0.15, 0.2) is 12.1 Å². The molecule has 0 fully saturated rings. The number of benzene rings is 1. The molecule has 0 bridgehead atoms. The van der Waals surface area contributed by atoms with Crippen LogP contribution in [-0.2, 0) is 19.3 Å². The lowest BCUT2D eigenvalue weighted by Gasteiger charge is -2.16. The van der Waals surface area contributed by atoms with E-state index in [9.17, 15) is 0 Å². The van der Waals surface area contributed by atoms with E-state index in [1.807, 2.05) is 19.1 Å². The Morgan fingerprint density at radius 1 is 0.682 bits per heavy atom. The number of aryl methyl sites for hydroxylation is 3. The van der Waals surface area contributed by atoms with Crippen molar-refractivity contribution < 1.29 is 30.6 Å². The summed E-state index contributed by atoms with van der Waals surface area (Å²) in [5.41, 5.74) is 3.83. The molecule has 0 atom stereocenters. The van der Waals surface area contributed by atoms with E-state index in [-0.39, 0.29) is 19.3 Å². The smallest absolute Gasteiger partial charge is 0.151 e. The highest BCUT2D eigenvalue weighted by Gasteiger charge is 2.11. The zero-order chi connectivity index (χ0) is 16.7. The Morgan fingerprint density at radius 3 is 1.41 bits per heavy atom. The molecule has 0 saturated carbocycles. The summed E-state index contributed by atoms with van der Waals surface area (Å²) in [6.45, 7) is 1.92. The SMILES string of the molecule is Cc1c(CCC(O)O)cc(CCC(O)O)cc1CCC(O)O. The molecular formula is C16H26O6. The van der Waals surface area contributed by atoms with Gasteiger partial charge in [0.25, 0.3) is 0 Å². The van der Waals surface area contributed by atoms with Gasteiger partial charge in [0.1, 0.15) is 0 Å². The molecule has 0 radical (unpaired) electrons. The highest BCUT2D eigenvalue weighted by molar-refractivity contribution is 5.39. The van der Waals surface area contributed by atoms with Crippen molar-refractivity contribution in [2.75, 3.05) is 0 Å². The Bertz CT molecular complexity index is 423. The molecule has 6 nitrogen and oxygen atoms in total. The minimum atomic E-state index is -1.37. The molecule has 0 heterocycles. The van der Waals surface area contributed by atoms with Crippen molar-refractivity contribution in [3.8, 4) is 0 Å². The van der Waals surface area contributed by atoms with Crippen molar-refractivity contribution in [1.29, 1.82) is 0 Å². The zero-order valence-corrected chi connectivity index (χ0v) is 12.8. The molecule has 0 saturated heterocycles. The molecule has 0 amide bonds. The first-order valence-electron chi connectivity index (χ1n) is 7.49. The van der Waals surface area contributed by atoms with E-state index in [2.05, 4.69) is 0 Å². The molecule has 0 aromatic heterocycles. The van der Waals surface area contributed by atoms with Crippen LogP contribution in [0.3, 0.4) is 0 Å². The van der Waals surface area contributed by atoms with Gasteiger partial charge in [0, 0.05) is 19.3 Å². The second-order valence-corrected chi connectivity index (χ2v) is 5.60. The van der Waals surface area contributed by atoms with Gasteiger partial charge in [-0.15, -0.1) is 0 Å². The van der Waals surface area contributed by atoms with Gasteiger partial charge in [0.15, 0.2) is 18.9 Å². The molecule has 0 aliphatic carbocycles. The van der Waals surface area contributed by atoms with E-state index < -0.39 is 18.9 Å². The molecular weight excluding hydrogens is 288 g/mol. The Hall–Kier alpha value is -1.02. The quantitative estimate of drug-likeness (QED) is 0.349. The lowest BCUT2D eigenvalue weighted by molar-refractivity contribution is -0.0451. The van der Waals surface area contributed by atoms with Crippen molar-refractivity contribution in [2.24, 2.45) is 0 Å². The van der Waals surface area contributed by atoms with E-state index in [1.165, 1.54) is 0 Å². The zero-order valence-electron chi connectivity index (χ0n) is 12.8. The third-order valence-corrected chi connectivity index (χ3v) is 3.72. The van der Waals surface area contributed by atoms with E-state index in [4.69, 9.17) is 30.6 Å². The van der Waals surface area contributed by atoms with E-state index in [0.717, 1.165) is 22.3 Å². The van der Waals surface area contributed by atoms with E-state index >= 15 is 0 Å². The highest BCUT2D eigenvalue weighted by atomic mass is 16.5. The summed E-state index contributed by atoms with van der Waals surface area (Å²) in [4.78, 5) is 0. The number of aliphatic hydroxyl groups excluding tert-OH is 3. The fourth-order valence-electron chi connectivity index (χ4n) is 2.44. The number of hydrogen-bond donors (Lipinski definition) is 6. The summed E-state index contributed by atoms with van der Waals surface area (Å²) in [7, 11) is 0. The number of hydrogen-bond acceptors (Lipinski definition) is 6. The lowest BCUT2D eigenvalue weighted by Crippen LogP contribution is -2.10. The monoisotopic (exact) mass is 314 g/mol. The second-order valence-electron chi connectivity index (χ2n) is 5.60. The summed E-state index contributed by atoms with van der Waals surface area (Å²) < 4.78 is 0. The first kappa shape index (κ1) is 19.0. The van der Waals surface area contributed by atoms with Gasteiger partial charge in [-0.3, -0.25) is 0 Å². The van der Waals surface area contributed by atoms with Gasteiger partial charge in [-0.1, -0.05) is 12.1 Å². The molecule has 6 heteroatoms. The topological polar surface area (TPSA) is 121 Å². The molecule has 0 aliphatic rings. The molecule has 126 valence electrons.